The van der Waals surface area contributed by atoms with Crippen LogP contribution in [0.3, 0.4) is 0 Å². The number of amides is 1. The first-order chi connectivity index (χ1) is 24.5. The summed E-state index contributed by atoms with van der Waals surface area (Å²) in [6, 6.07) is 14.5. The number of likely N-dealkylation sites (N-methyl/N-ethyl adjacent to an activating group) is 1. The lowest BCUT2D eigenvalue weighted by Crippen LogP contribution is -2.47. The van der Waals surface area contributed by atoms with Crippen molar-refractivity contribution in [2.75, 3.05) is 43.7 Å². The van der Waals surface area contributed by atoms with Crippen LogP contribution in [0, 0.1) is 12.7 Å². The number of nitrogens with one attached hydrogen (secondary N) is 1. The van der Waals surface area contributed by atoms with Crippen LogP contribution in [0.15, 0.2) is 72.0 Å². The molecule has 6 heterocycles. The Morgan fingerprint density at radius 3 is 2.65 bits per heavy atom. The van der Waals surface area contributed by atoms with Gasteiger partial charge in [-0.25, -0.2) is 37.4 Å². The molecule has 4 aromatic heterocycles. The maximum Gasteiger partial charge on any atom is 0.245 e. The van der Waals surface area contributed by atoms with Crippen molar-refractivity contribution in [1.82, 2.24) is 39.2 Å². The number of ether oxygens (including phenoxy) is 1. The van der Waals surface area contributed by atoms with Crippen molar-refractivity contribution in [3.05, 3.63) is 78.8 Å². The van der Waals surface area contributed by atoms with Crippen LogP contribution in [0.4, 0.5) is 16.0 Å². The van der Waals surface area contributed by atoms with Crippen molar-refractivity contribution >= 4 is 49.4 Å². The monoisotopic (exact) mass is 710 g/mol. The normalized spacial score (nSPS) is 19.7. The third kappa shape index (κ3) is 5.73. The summed E-state index contributed by atoms with van der Waals surface area (Å²) >= 11 is 0. The molecule has 51 heavy (non-hydrogen) atoms. The lowest BCUT2D eigenvalue weighted by molar-refractivity contribution is -0.132. The zero-order valence-electron chi connectivity index (χ0n) is 28.4. The number of benzene rings is 2. The predicted molar refractivity (Wildman–Crippen MR) is 189 cm³/mol. The van der Waals surface area contributed by atoms with E-state index in [-0.39, 0.29) is 28.6 Å². The van der Waals surface area contributed by atoms with E-state index in [4.69, 9.17) is 14.7 Å². The van der Waals surface area contributed by atoms with Crippen molar-refractivity contribution < 1.29 is 22.3 Å². The minimum Gasteiger partial charge on any atom is -0.378 e. The molecule has 1 fully saturated rings. The largest absolute Gasteiger partial charge is 0.378 e. The highest BCUT2D eigenvalue weighted by molar-refractivity contribution is 7.90. The van der Waals surface area contributed by atoms with E-state index >= 15 is 0 Å². The van der Waals surface area contributed by atoms with Crippen LogP contribution in [0.5, 0.6) is 0 Å². The Morgan fingerprint density at radius 1 is 1.02 bits per heavy atom. The molecule has 16 heteroatoms. The van der Waals surface area contributed by atoms with Gasteiger partial charge in [0.1, 0.15) is 35.6 Å². The molecule has 3 atom stereocenters. The molecular formula is C35H35FN10O4S. The second-order valence-electron chi connectivity index (χ2n) is 13.0. The van der Waals surface area contributed by atoms with Crippen LogP contribution in [-0.4, -0.2) is 105 Å². The van der Waals surface area contributed by atoms with Crippen LogP contribution < -0.4 is 10.2 Å². The minimum atomic E-state index is -3.82. The van der Waals surface area contributed by atoms with Crippen molar-refractivity contribution in [3.63, 3.8) is 0 Å². The highest BCUT2D eigenvalue weighted by Gasteiger charge is 2.41. The van der Waals surface area contributed by atoms with Gasteiger partial charge in [-0.3, -0.25) is 4.79 Å². The number of hydrogen-bond acceptors (Lipinski definition) is 11. The highest BCUT2D eigenvalue weighted by Crippen LogP contribution is 2.35. The second kappa shape index (κ2) is 12.4. The molecule has 1 saturated heterocycles. The summed E-state index contributed by atoms with van der Waals surface area (Å²) < 4.78 is 48.9. The molecule has 2 aromatic carbocycles. The van der Waals surface area contributed by atoms with E-state index in [1.54, 1.807) is 19.1 Å². The van der Waals surface area contributed by atoms with Gasteiger partial charge in [-0.1, -0.05) is 18.2 Å². The number of aromatic nitrogens is 7. The zero-order valence-corrected chi connectivity index (χ0v) is 29.2. The molecule has 0 radical (unpaired) electrons. The number of aryl methyl sites for hydroxylation is 1. The third-order valence-corrected chi connectivity index (χ3v) is 10.8. The number of nitrogens with zero attached hydrogens (tertiary/aromatic N) is 9. The van der Waals surface area contributed by atoms with Crippen LogP contribution in [0.25, 0.3) is 39.0 Å². The summed E-state index contributed by atoms with van der Waals surface area (Å²) in [5.74, 6) is 1.14. The Morgan fingerprint density at radius 2 is 1.84 bits per heavy atom. The van der Waals surface area contributed by atoms with Crippen LogP contribution >= 0.6 is 0 Å². The zero-order chi connectivity index (χ0) is 35.6. The molecule has 262 valence electrons. The number of pyridine rings is 1. The number of hydrogen-bond donors (Lipinski definition) is 1. The van der Waals surface area contributed by atoms with Gasteiger partial charge in [-0.05, 0) is 49.7 Å². The molecule has 0 saturated carbocycles. The summed E-state index contributed by atoms with van der Waals surface area (Å²) in [5.41, 5.74) is 4.00. The van der Waals surface area contributed by atoms with Gasteiger partial charge >= 0.3 is 0 Å². The number of carbonyl (C=O) groups is 1. The molecule has 4 bridgehead atoms. The Hall–Kier alpha value is -5.48. The van der Waals surface area contributed by atoms with Crippen molar-refractivity contribution in [3.8, 4) is 16.9 Å². The van der Waals surface area contributed by atoms with Crippen molar-refractivity contribution in [1.29, 1.82) is 0 Å². The van der Waals surface area contributed by atoms with Crippen LogP contribution in [-0.2, 0) is 25.9 Å². The summed E-state index contributed by atoms with van der Waals surface area (Å²) in [6.45, 7) is 3.15. The first-order valence-corrected chi connectivity index (χ1v) is 18.3. The molecular weight excluding hydrogens is 676 g/mol. The van der Waals surface area contributed by atoms with E-state index in [2.05, 4.69) is 25.0 Å². The Kier molecular flexibility index (Phi) is 7.94. The fourth-order valence-corrected chi connectivity index (χ4v) is 8.13. The average Bonchev–Trinajstić information content (AvgIpc) is 3.82. The fourth-order valence-electron chi connectivity index (χ4n) is 7.27. The van der Waals surface area contributed by atoms with E-state index < -0.39 is 21.7 Å². The van der Waals surface area contributed by atoms with Gasteiger partial charge in [-0.2, -0.15) is 5.10 Å². The molecule has 1 amide bonds. The molecule has 0 spiro atoms. The molecule has 0 aliphatic carbocycles. The average molecular weight is 711 g/mol. The van der Waals surface area contributed by atoms with Gasteiger partial charge < -0.3 is 24.4 Å². The molecule has 2 aliphatic heterocycles. The van der Waals surface area contributed by atoms with E-state index in [1.807, 2.05) is 48.2 Å². The first-order valence-electron chi connectivity index (χ1n) is 16.4. The predicted octanol–water partition coefficient (Wildman–Crippen LogP) is 3.62. The number of anilines is 2. The Bertz CT molecular complexity index is 2450. The molecule has 6 aromatic rings. The summed E-state index contributed by atoms with van der Waals surface area (Å²) in [7, 11) is -0.402. The standard InChI is InChI=1S/C35H35FN10O4S/c1-20-40-27-9-5-7-24-26-8-6-10-31(42-26)41-22-14-29(35(47)43(2)17-23(50-3)18-44(20)32(24)27)45(16-22)33-25-15-39-46(34(25)38-19-37-33)28-12-11-21(36)13-30(28)51(4,48)49/h5-13,15,19,22-23,29H,14,16-18H2,1-4H3,(H,41,42)/t22-,23?,29-/m0/s1. The van der Waals surface area contributed by atoms with Crippen LogP contribution in [0.2, 0.25) is 0 Å². The highest BCUT2D eigenvalue weighted by atomic mass is 32.2. The smallest absolute Gasteiger partial charge is 0.245 e. The molecule has 14 nitrogen and oxygen atoms in total. The first kappa shape index (κ1) is 32.7. The summed E-state index contributed by atoms with van der Waals surface area (Å²) in [5, 5.41) is 8.54. The number of para-hydroxylation sites is 1. The van der Waals surface area contributed by atoms with Gasteiger partial charge in [0, 0.05) is 45.1 Å². The number of imidazole rings is 1. The van der Waals surface area contributed by atoms with E-state index in [0.29, 0.717) is 48.7 Å². The number of methoxy groups -OCH3 is 1. The molecule has 8 rings (SSSR count). The SMILES string of the molecule is COC1CN(C)C(=O)[C@@H]2C[C@@H](CN2c2ncnc3c2cnn3-c2ccc(F)cc2S(C)(=O)=O)Nc2cccc(n2)-c2cccc3nc(C)n(c23)C1. The molecule has 2 aliphatic rings. The second-order valence-corrected chi connectivity index (χ2v) is 15.0. The number of carbonyl (C=O) groups excluding carboxylic acids is 1. The van der Waals surface area contributed by atoms with Gasteiger partial charge in [0.25, 0.3) is 0 Å². The van der Waals surface area contributed by atoms with E-state index in [1.165, 1.54) is 29.3 Å². The molecule has 1 unspecified atom stereocenters. The van der Waals surface area contributed by atoms with E-state index in [9.17, 15) is 17.6 Å². The van der Waals surface area contributed by atoms with E-state index in [0.717, 1.165) is 40.4 Å². The Balaban J connectivity index is 1.22. The lowest BCUT2D eigenvalue weighted by atomic mass is 10.1. The van der Waals surface area contributed by atoms with Crippen molar-refractivity contribution in [2.24, 2.45) is 0 Å². The van der Waals surface area contributed by atoms with Crippen LogP contribution in [0.1, 0.15) is 12.2 Å². The van der Waals surface area contributed by atoms with Crippen molar-refractivity contribution in [2.45, 2.75) is 43.0 Å². The van der Waals surface area contributed by atoms with Gasteiger partial charge in [0.05, 0.1) is 51.5 Å². The molecule has 1 N–H and O–H groups in total. The van der Waals surface area contributed by atoms with Gasteiger partial charge in [0.2, 0.25) is 5.91 Å². The number of fused-ring (bicyclic) bond motifs is 6. The Labute approximate surface area is 292 Å². The number of sulfone groups is 1. The fraction of sp³-hybridized carbons (Fsp3) is 0.314. The lowest BCUT2D eigenvalue weighted by Gasteiger charge is -2.30. The summed E-state index contributed by atoms with van der Waals surface area (Å²) in [4.78, 5) is 36.7. The maximum absolute atomic E-state index is 14.4. The maximum atomic E-state index is 14.4. The minimum absolute atomic E-state index is 0.122. The van der Waals surface area contributed by atoms with Gasteiger partial charge in [0.15, 0.2) is 15.5 Å². The third-order valence-electron chi connectivity index (χ3n) is 9.66. The quantitative estimate of drug-likeness (QED) is 0.286. The number of halogens is 1. The topological polar surface area (TPSA) is 153 Å². The van der Waals surface area contributed by atoms with Gasteiger partial charge in [-0.15, -0.1) is 0 Å². The summed E-state index contributed by atoms with van der Waals surface area (Å²) in [6.07, 6.45) is 4.00. The number of rotatable bonds is 4.